The fourth-order valence-corrected chi connectivity index (χ4v) is 2.01. The summed E-state index contributed by atoms with van der Waals surface area (Å²) < 4.78 is 0. The van der Waals surface area contributed by atoms with Crippen LogP contribution in [0.1, 0.15) is 32.8 Å². The highest BCUT2D eigenvalue weighted by Crippen LogP contribution is 2.24. The molecule has 1 N–H and O–H groups in total. The molecule has 0 spiro atoms. The molecule has 18 heavy (non-hydrogen) atoms. The van der Waals surface area contributed by atoms with Gasteiger partial charge in [0.25, 0.3) is 0 Å². The lowest BCUT2D eigenvalue weighted by atomic mass is 10.00. The summed E-state index contributed by atoms with van der Waals surface area (Å²) in [6.45, 7) is 8.48. The minimum atomic E-state index is 0.490. The lowest BCUT2D eigenvalue weighted by Gasteiger charge is -2.13. The Morgan fingerprint density at radius 1 is 1.33 bits per heavy atom. The Balaban J connectivity index is 2.89. The van der Waals surface area contributed by atoms with Gasteiger partial charge < -0.3 is 5.32 Å². The molecule has 3 heteroatoms. The molecule has 0 amide bonds. The van der Waals surface area contributed by atoms with Crippen molar-refractivity contribution < 1.29 is 0 Å². The molecule has 1 rings (SSSR count). The Labute approximate surface area is 120 Å². The molecule has 0 unspecified atom stereocenters. The van der Waals surface area contributed by atoms with E-state index in [2.05, 4.69) is 32.2 Å². The predicted octanol–water partition coefficient (Wildman–Crippen LogP) is 5.03. The van der Waals surface area contributed by atoms with Gasteiger partial charge in [0, 0.05) is 16.6 Å². The molecule has 100 valence electrons. The topological polar surface area (TPSA) is 12.0 Å². The number of hydrogen-bond acceptors (Lipinski definition) is 1. The molecular formula is C15H21Cl2N. The summed E-state index contributed by atoms with van der Waals surface area (Å²) in [5.74, 6) is 0.490. The van der Waals surface area contributed by atoms with Crippen LogP contribution in [0.3, 0.4) is 0 Å². The lowest BCUT2D eigenvalue weighted by molar-refractivity contribution is 0.657. The summed E-state index contributed by atoms with van der Waals surface area (Å²) in [5.41, 5.74) is 2.33. The molecule has 0 saturated carbocycles. The van der Waals surface area contributed by atoms with Crippen molar-refractivity contribution in [3.63, 3.8) is 0 Å². The summed E-state index contributed by atoms with van der Waals surface area (Å²) in [4.78, 5) is 0. The Bertz CT molecular complexity index is 411. The van der Waals surface area contributed by atoms with Crippen LogP contribution in [0.2, 0.25) is 10.0 Å². The molecule has 0 atom stereocenters. The Kier molecular flexibility index (Phi) is 6.77. The zero-order chi connectivity index (χ0) is 13.5. The van der Waals surface area contributed by atoms with Gasteiger partial charge in [-0.15, -0.1) is 0 Å². The first-order valence-corrected chi connectivity index (χ1v) is 7.16. The van der Waals surface area contributed by atoms with E-state index < -0.39 is 0 Å². The van der Waals surface area contributed by atoms with Gasteiger partial charge in [-0.1, -0.05) is 55.6 Å². The normalized spacial score (nSPS) is 12.2. The van der Waals surface area contributed by atoms with Crippen molar-refractivity contribution in [3.05, 3.63) is 39.4 Å². The maximum Gasteiger partial charge on any atom is 0.0479 e. The van der Waals surface area contributed by atoms with E-state index >= 15 is 0 Å². The molecule has 0 aliphatic carbocycles. The molecule has 0 aliphatic rings. The molecular weight excluding hydrogens is 265 g/mol. The second-order valence-corrected chi connectivity index (χ2v) is 5.56. The van der Waals surface area contributed by atoms with E-state index in [4.69, 9.17) is 23.2 Å². The summed E-state index contributed by atoms with van der Waals surface area (Å²) in [7, 11) is 0. The first kappa shape index (κ1) is 15.6. The number of benzene rings is 1. The van der Waals surface area contributed by atoms with Crippen LogP contribution in [0, 0.1) is 5.92 Å². The smallest absolute Gasteiger partial charge is 0.0479 e. The van der Waals surface area contributed by atoms with Crippen molar-refractivity contribution in [2.75, 3.05) is 13.1 Å². The van der Waals surface area contributed by atoms with Gasteiger partial charge in [-0.25, -0.2) is 0 Å². The predicted molar refractivity (Wildman–Crippen MR) is 82.4 cm³/mol. The van der Waals surface area contributed by atoms with Crippen LogP contribution in [0.5, 0.6) is 0 Å². The van der Waals surface area contributed by atoms with Crippen LogP contribution in [0.15, 0.2) is 23.8 Å². The Morgan fingerprint density at radius 2 is 2.06 bits per heavy atom. The average Bonchev–Trinajstić information content (AvgIpc) is 2.32. The SMILES string of the molecule is CCCNC/C(=C/c1cc(Cl)ccc1Cl)C(C)C. The van der Waals surface area contributed by atoms with Crippen molar-refractivity contribution in [1.82, 2.24) is 5.32 Å². The fourth-order valence-electron chi connectivity index (χ4n) is 1.66. The van der Waals surface area contributed by atoms with Gasteiger partial charge in [-0.05, 0) is 42.6 Å². The molecule has 1 nitrogen and oxygen atoms in total. The van der Waals surface area contributed by atoms with Crippen LogP contribution < -0.4 is 5.32 Å². The molecule has 1 aromatic rings. The maximum atomic E-state index is 6.18. The first-order chi connectivity index (χ1) is 8.54. The van der Waals surface area contributed by atoms with Crippen LogP contribution in [-0.4, -0.2) is 13.1 Å². The average molecular weight is 286 g/mol. The van der Waals surface area contributed by atoms with Crippen LogP contribution in [0.25, 0.3) is 6.08 Å². The van der Waals surface area contributed by atoms with E-state index in [1.807, 2.05) is 18.2 Å². The van der Waals surface area contributed by atoms with Gasteiger partial charge in [-0.3, -0.25) is 0 Å². The first-order valence-electron chi connectivity index (χ1n) is 6.40. The maximum absolute atomic E-state index is 6.18. The van der Waals surface area contributed by atoms with E-state index in [0.717, 1.165) is 35.1 Å². The third kappa shape index (κ3) is 5.01. The monoisotopic (exact) mass is 285 g/mol. The van der Waals surface area contributed by atoms with Gasteiger partial charge in [0.1, 0.15) is 0 Å². The second kappa shape index (κ2) is 7.83. The highest BCUT2D eigenvalue weighted by atomic mass is 35.5. The van der Waals surface area contributed by atoms with E-state index in [0.29, 0.717) is 5.92 Å². The minimum Gasteiger partial charge on any atom is -0.313 e. The number of rotatable bonds is 6. The van der Waals surface area contributed by atoms with Gasteiger partial charge in [-0.2, -0.15) is 0 Å². The third-order valence-corrected chi connectivity index (χ3v) is 3.38. The van der Waals surface area contributed by atoms with Gasteiger partial charge in [0.05, 0.1) is 0 Å². The molecule has 0 aliphatic heterocycles. The van der Waals surface area contributed by atoms with Crippen molar-refractivity contribution >= 4 is 29.3 Å². The van der Waals surface area contributed by atoms with Crippen molar-refractivity contribution in [2.24, 2.45) is 5.92 Å². The van der Waals surface area contributed by atoms with Crippen molar-refractivity contribution in [3.8, 4) is 0 Å². The highest BCUT2D eigenvalue weighted by molar-refractivity contribution is 6.34. The van der Waals surface area contributed by atoms with E-state index in [1.54, 1.807) is 0 Å². The van der Waals surface area contributed by atoms with E-state index in [9.17, 15) is 0 Å². The molecule has 0 fully saturated rings. The molecule has 0 heterocycles. The molecule has 0 aromatic heterocycles. The minimum absolute atomic E-state index is 0.490. The quantitative estimate of drug-likeness (QED) is 0.723. The largest absolute Gasteiger partial charge is 0.313 e. The van der Waals surface area contributed by atoms with Crippen LogP contribution >= 0.6 is 23.2 Å². The Morgan fingerprint density at radius 3 is 2.67 bits per heavy atom. The Hall–Kier alpha value is -0.500. The number of hydrogen-bond donors (Lipinski definition) is 1. The zero-order valence-electron chi connectivity index (χ0n) is 11.3. The molecule has 1 aromatic carbocycles. The van der Waals surface area contributed by atoms with Crippen molar-refractivity contribution in [1.29, 1.82) is 0 Å². The number of nitrogens with one attached hydrogen (secondary N) is 1. The van der Waals surface area contributed by atoms with Gasteiger partial charge in [0.2, 0.25) is 0 Å². The van der Waals surface area contributed by atoms with Gasteiger partial charge >= 0.3 is 0 Å². The van der Waals surface area contributed by atoms with E-state index in [-0.39, 0.29) is 0 Å². The summed E-state index contributed by atoms with van der Waals surface area (Å²) in [6.07, 6.45) is 3.28. The highest BCUT2D eigenvalue weighted by Gasteiger charge is 2.05. The van der Waals surface area contributed by atoms with Crippen molar-refractivity contribution in [2.45, 2.75) is 27.2 Å². The third-order valence-electron chi connectivity index (χ3n) is 2.80. The molecule has 0 bridgehead atoms. The lowest BCUT2D eigenvalue weighted by Crippen LogP contribution is -2.19. The summed E-state index contributed by atoms with van der Waals surface area (Å²) in [6, 6.07) is 5.56. The summed E-state index contributed by atoms with van der Waals surface area (Å²) in [5, 5.41) is 4.89. The van der Waals surface area contributed by atoms with E-state index in [1.165, 1.54) is 5.57 Å². The van der Waals surface area contributed by atoms with Crippen LogP contribution in [-0.2, 0) is 0 Å². The van der Waals surface area contributed by atoms with Crippen LogP contribution in [0.4, 0.5) is 0 Å². The van der Waals surface area contributed by atoms with Gasteiger partial charge in [0.15, 0.2) is 0 Å². The summed E-state index contributed by atoms with van der Waals surface area (Å²) >= 11 is 12.2. The molecule has 0 radical (unpaired) electrons. The standard InChI is InChI=1S/C15H21Cl2N/c1-4-7-18-10-13(11(2)3)8-12-9-14(16)5-6-15(12)17/h5-6,8-9,11,18H,4,7,10H2,1-3H3/b13-8-. The number of halogens is 2. The zero-order valence-corrected chi connectivity index (χ0v) is 12.8. The fraction of sp³-hybridized carbons (Fsp3) is 0.467. The molecule has 0 saturated heterocycles. The second-order valence-electron chi connectivity index (χ2n) is 4.72.